The fourth-order valence-electron chi connectivity index (χ4n) is 3.67. The molecule has 0 fully saturated rings. The van der Waals surface area contributed by atoms with Crippen molar-refractivity contribution in [3.63, 3.8) is 0 Å². The molecule has 0 heterocycles. The van der Waals surface area contributed by atoms with Gasteiger partial charge in [0, 0.05) is 5.56 Å². The zero-order chi connectivity index (χ0) is 17.0. The summed E-state index contributed by atoms with van der Waals surface area (Å²) in [5.74, 6) is 0. The van der Waals surface area contributed by atoms with Gasteiger partial charge in [0.05, 0.1) is 10.3 Å². The van der Waals surface area contributed by atoms with E-state index in [0.29, 0.717) is 16.5 Å². The third kappa shape index (κ3) is 1.89. The van der Waals surface area contributed by atoms with E-state index < -0.39 is 12.2 Å². The van der Waals surface area contributed by atoms with Crippen LogP contribution < -0.4 is 0 Å². The van der Waals surface area contributed by atoms with E-state index in [1.807, 2.05) is 18.2 Å². The Morgan fingerprint density at radius 2 is 1.75 bits per heavy atom. The average Bonchev–Trinajstić information content (AvgIpc) is 2.57. The van der Waals surface area contributed by atoms with Crippen LogP contribution in [-0.2, 0) is 0 Å². The Kier molecular flexibility index (Phi) is 3.16. The van der Waals surface area contributed by atoms with Gasteiger partial charge in [0.2, 0.25) is 0 Å². The molecule has 24 heavy (non-hydrogen) atoms. The minimum Gasteiger partial charge on any atom is -0.386 e. The lowest BCUT2D eigenvalue weighted by Crippen LogP contribution is -2.19. The van der Waals surface area contributed by atoms with E-state index in [0.717, 1.165) is 21.7 Å². The summed E-state index contributed by atoms with van der Waals surface area (Å²) in [6.07, 6.45) is 1.26. The number of hydrogen-bond donors (Lipinski definition) is 2. The van der Waals surface area contributed by atoms with Crippen LogP contribution >= 0.6 is 0 Å². The number of hydrogen-bond acceptors (Lipinski definition) is 4. The first kappa shape index (κ1) is 14.8. The van der Waals surface area contributed by atoms with Crippen LogP contribution in [0.4, 0.5) is 5.69 Å². The van der Waals surface area contributed by atoms with Gasteiger partial charge in [0.15, 0.2) is 0 Å². The summed E-state index contributed by atoms with van der Waals surface area (Å²) in [6.45, 7) is 1.73. The van der Waals surface area contributed by atoms with Crippen LogP contribution in [0.15, 0.2) is 42.5 Å². The van der Waals surface area contributed by atoms with E-state index in [-0.39, 0.29) is 10.6 Å². The van der Waals surface area contributed by atoms with E-state index in [1.54, 1.807) is 31.2 Å². The average molecular weight is 321 g/mol. The van der Waals surface area contributed by atoms with Crippen molar-refractivity contribution in [1.82, 2.24) is 0 Å². The number of aryl methyl sites for hydroxylation is 1. The van der Waals surface area contributed by atoms with Gasteiger partial charge in [-0.05, 0) is 40.3 Å². The van der Waals surface area contributed by atoms with E-state index in [4.69, 9.17) is 0 Å². The molecule has 0 radical (unpaired) electrons. The highest BCUT2D eigenvalue weighted by atomic mass is 16.6. The second kappa shape index (κ2) is 5.12. The maximum atomic E-state index is 11.7. The number of nitrogens with zero attached hydrogens (tertiary/aromatic N) is 1. The number of benzene rings is 3. The zero-order valence-corrected chi connectivity index (χ0v) is 12.9. The van der Waals surface area contributed by atoms with Gasteiger partial charge in [-0.25, -0.2) is 0 Å². The molecule has 5 heteroatoms. The SMILES string of the molecule is Cc1c([N+](=O)[O-])c2ccccc2c2ccc3c(c12)C=C[C@@H](O)[C@@H]3O. The van der Waals surface area contributed by atoms with E-state index in [9.17, 15) is 20.3 Å². The van der Waals surface area contributed by atoms with Crippen molar-refractivity contribution < 1.29 is 15.1 Å². The smallest absolute Gasteiger partial charge is 0.280 e. The van der Waals surface area contributed by atoms with E-state index in [2.05, 4.69) is 0 Å². The van der Waals surface area contributed by atoms with Crippen LogP contribution in [0.25, 0.3) is 27.6 Å². The van der Waals surface area contributed by atoms with Crippen molar-refractivity contribution >= 4 is 33.3 Å². The van der Waals surface area contributed by atoms with Crippen molar-refractivity contribution in [1.29, 1.82) is 0 Å². The van der Waals surface area contributed by atoms with Crippen LogP contribution in [0.5, 0.6) is 0 Å². The van der Waals surface area contributed by atoms with Crippen molar-refractivity contribution in [3.8, 4) is 0 Å². The summed E-state index contributed by atoms with van der Waals surface area (Å²) >= 11 is 0. The quantitative estimate of drug-likeness (QED) is 0.407. The van der Waals surface area contributed by atoms with E-state index >= 15 is 0 Å². The zero-order valence-electron chi connectivity index (χ0n) is 12.9. The maximum absolute atomic E-state index is 11.7. The van der Waals surface area contributed by atoms with Gasteiger partial charge < -0.3 is 10.2 Å². The van der Waals surface area contributed by atoms with Gasteiger partial charge in [0.25, 0.3) is 5.69 Å². The molecule has 4 rings (SSSR count). The number of fused-ring (bicyclic) bond motifs is 5. The molecule has 3 aromatic carbocycles. The van der Waals surface area contributed by atoms with Crippen LogP contribution in [-0.4, -0.2) is 21.2 Å². The second-order valence-electron chi connectivity index (χ2n) is 6.06. The molecule has 120 valence electrons. The summed E-state index contributed by atoms with van der Waals surface area (Å²) in [6, 6.07) is 10.9. The van der Waals surface area contributed by atoms with Crippen molar-refractivity contribution in [2.24, 2.45) is 0 Å². The Hall–Kier alpha value is -2.76. The number of aliphatic hydroxyl groups excluding tert-OH is 2. The fourth-order valence-corrected chi connectivity index (χ4v) is 3.67. The molecule has 0 saturated heterocycles. The molecule has 3 aromatic rings. The maximum Gasteiger partial charge on any atom is 0.280 e. The molecule has 0 aromatic heterocycles. The molecular weight excluding hydrogens is 306 g/mol. The Morgan fingerprint density at radius 1 is 1.04 bits per heavy atom. The van der Waals surface area contributed by atoms with Gasteiger partial charge >= 0.3 is 0 Å². The Morgan fingerprint density at radius 3 is 2.46 bits per heavy atom. The number of aliphatic hydroxyl groups is 2. The van der Waals surface area contributed by atoms with Crippen LogP contribution in [0, 0.1) is 17.0 Å². The standard InChI is InChI=1S/C19H15NO4/c1-10-17-12(6-7-15-13(17)8-9-16(21)19(15)22)11-4-2-3-5-14(11)18(10)20(23)24/h2-9,16,19,21-22H,1H3/t16-,19-/m1/s1. The summed E-state index contributed by atoms with van der Waals surface area (Å²) in [4.78, 5) is 11.3. The van der Waals surface area contributed by atoms with Crippen molar-refractivity contribution in [2.45, 2.75) is 19.1 Å². The monoisotopic (exact) mass is 321 g/mol. The molecule has 1 aliphatic rings. The molecule has 5 nitrogen and oxygen atoms in total. The Labute approximate surface area is 137 Å². The first-order chi connectivity index (χ1) is 11.5. The van der Waals surface area contributed by atoms with Gasteiger partial charge in [-0.2, -0.15) is 0 Å². The predicted octanol–water partition coefficient (Wildman–Crippen LogP) is 3.63. The normalized spacial score (nSPS) is 19.6. The predicted molar refractivity (Wildman–Crippen MR) is 92.8 cm³/mol. The fraction of sp³-hybridized carbons (Fsp3) is 0.158. The summed E-state index contributed by atoms with van der Waals surface area (Å²) in [5.41, 5.74) is 1.97. The second-order valence-corrected chi connectivity index (χ2v) is 6.06. The molecule has 2 atom stereocenters. The molecule has 0 unspecified atom stereocenters. The first-order valence-corrected chi connectivity index (χ1v) is 7.67. The highest BCUT2D eigenvalue weighted by Crippen LogP contribution is 2.42. The lowest BCUT2D eigenvalue weighted by molar-refractivity contribution is -0.383. The number of nitro groups is 1. The van der Waals surface area contributed by atoms with E-state index in [1.165, 1.54) is 6.08 Å². The molecule has 0 aliphatic heterocycles. The highest BCUT2D eigenvalue weighted by Gasteiger charge is 2.27. The van der Waals surface area contributed by atoms with Crippen LogP contribution in [0.2, 0.25) is 0 Å². The third-order valence-electron chi connectivity index (χ3n) is 4.77. The summed E-state index contributed by atoms with van der Waals surface area (Å²) < 4.78 is 0. The molecule has 2 N–H and O–H groups in total. The third-order valence-corrected chi connectivity index (χ3v) is 4.77. The number of rotatable bonds is 1. The lowest BCUT2D eigenvalue weighted by atomic mass is 9.85. The van der Waals surface area contributed by atoms with Crippen molar-refractivity contribution in [3.05, 3.63) is 69.3 Å². The van der Waals surface area contributed by atoms with Gasteiger partial charge in [-0.1, -0.05) is 42.5 Å². The molecule has 0 bridgehead atoms. The Balaban J connectivity index is 2.25. The van der Waals surface area contributed by atoms with Crippen LogP contribution in [0.1, 0.15) is 22.8 Å². The Bertz CT molecular complexity index is 1040. The first-order valence-electron chi connectivity index (χ1n) is 7.67. The van der Waals surface area contributed by atoms with Crippen molar-refractivity contribution in [2.75, 3.05) is 0 Å². The molecule has 0 spiro atoms. The molecular formula is C19H15NO4. The summed E-state index contributed by atoms with van der Waals surface area (Å²) in [7, 11) is 0. The minimum absolute atomic E-state index is 0.0838. The highest BCUT2D eigenvalue weighted by molar-refractivity contribution is 6.15. The topological polar surface area (TPSA) is 83.6 Å². The van der Waals surface area contributed by atoms with Gasteiger partial charge in [-0.15, -0.1) is 0 Å². The molecule has 0 saturated carbocycles. The summed E-state index contributed by atoms with van der Waals surface area (Å²) in [5, 5.41) is 34.8. The lowest BCUT2D eigenvalue weighted by Gasteiger charge is -2.24. The van der Waals surface area contributed by atoms with Crippen LogP contribution in [0.3, 0.4) is 0 Å². The number of nitro benzene ring substituents is 1. The molecule has 0 amide bonds. The largest absolute Gasteiger partial charge is 0.386 e. The molecule has 1 aliphatic carbocycles. The minimum atomic E-state index is -1.03. The van der Waals surface area contributed by atoms with Gasteiger partial charge in [-0.3, -0.25) is 10.1 Å². The van der Waals surface area contributed by atoms with Gasteiger partial charge in [0.1, 0.15) is 12.2 Å².